The number of rotatable bonds is 21. The molecule has 7 N–H and O–H groups in total. The molecule has 5 aromatic rings. The van der Waals surface area contributed by atoms with Crippen molar-refractivity contribution in [2.24, 2.45) is 29.6 Å². The van der Waals surface area contributed by atoms with E-state index in [1.165, 1.54) is 85.8 Å². The third kappa shape index (κ3) is 20.5. The van der Waals surface area contributed by atoms with Gasteiger partial charge in [-0.15, -0.1) is 0 Å². The SMILES string of the molecule is CCCCCCCC(=O)NC[C@@H]1CC(=O)[C@H](NC(=O)[C@@H](CC(C)C)NC)[C@H](OC(C)=O)c2ccc(c(Cl)c2)Oc2cc3cc(c2OC2OC(COC(C)=O)C(C)C(C)C2C)Oc2ccc(cc2Cl)[C@@H](C)[C@H]2NC(=O)[C@H](CC(=O)[C@@H]3NC1=O)c1ccc(OC(C)=O)c(c1)-c1c(OC(C)=O)cc(C)cc1[C@@H](C(=O)O)NC2=O. The second-order valence-electron chi connectivity index (χ2n) is 29.2. The summed E-state index contributed by atoms with van der Waals surface area (Å²) in [6.45, 7) is 18.5. The standard InChI is InChI=1S/C81H96Cl2N6O21/c1-14-15-16-17-18-19-68(96)85-36-52-32-59(94)73(89-78(99)58(84-13)26-38(2)3)74(106-47(12)93)50-22-25-63(57(83)31-50)108-66-34-51-33-65(75(66)110-81-42(7)40(5)41(6)67(109-81)37-103-44(9)90)107-62-24-20-48(30-56(62)82)43(8)70-79(100)88-72(80(101)102)55-27-39(4)28-64(105-46(11)92)69(55)54-29-49(21-23-61(54)104-45(10)91)53(77(98)86-70)35-60(95)71(51)87-76(52)97/h20-25,27-31,33-34,38,40-43,52-53,58,67,70-74,81,84H,14-19,26,32,35-37H2,1-13H3,(H,85,96)(H,86,98)(H,87,97)(H,88,100)(H,89,99)(H,101,102)/t40?,41?,42?,43-,52+,53-,58-,67?,70-,71-,72+,73+,74-,81?/m1/s1. The van der Waals surface area contributed by atoms with Gasteiger partial charge in [-0.05, 0) is 133 Å². The van der Waals surface area contributed by atoms with E-state index in [1.54, 1.807) is 20.9 Å². The lowest BCUT2D eigenvalue weighted by Crippen LogP contribution is -2.53. The normalized spacial score (nSPS) is 23.6. The molecule has 27 nitrogen and oxygen atoms in total. The summed E-state index contributed by atoms with van der Waals surface area (Å²) in [5.41, 5.74) is -0.0215. The number of unbranched alkanes of at least 4 members (excludes halogenated alkanes) is 4. The quantitative estimate of drug-likeness (QED) is 0.0204. The van der Waals surface area contributed by atoms with Crippen molar-refractivity contribution in [1.82, 2.24) is 31.9 Å². The van der Waals surface area contributed by atoms with Gasteiger partial charge in [0.05, 0.1) is 34.0 Å². The topological polar surface area (TPSA) is 371 Å². The van der Waals surface area contributed by atoms with Gasteiger partial charge in [0.1, 0.15) is 47.7 Å². The Bertz CT molecular complexity index is 4370. The molecule has 6 aliphatic heterocycles. The van der Waals surface area contributed by atoms with Crippen molar-refractivity contribution < 1.29 is 101 Å². The molecule has 5 aromatic carbocycles. The van der Waals surface area contributed by atoms with Crippen LogP contribution < -0.4 is 55.6 Å². The summed E-state index contributed by atoms with van der Waals surface area (Å²) in [6, 6.07) is 9.66. The maximum absolute atomic E-state index is 16.7. The average molecular weight is 1560 g/mol. The first-order chi connectivity index (χ1) is 52.1. The number of carbonyl (C=O) groups is 12. The van der Waals surface area contributed by atoms with Crippen LogP contribution in [-0.4, -0.2) is 127 Å². The van der Waals surface area contributed by atoms with Crippen molar-refractivity contribution in [3.05, 3.63) is 122 Å². The maximum Gasteiger partial charge on any atom is 0.330 e. The number of nitrogens with one attached hydrogen (secondary N) is 6. The summed E-state index contributed by atoms with van der Waals surface area (Å²) >= 11 is 14.7. The maximum atomic E-state index is 16.7. The predicted molar refractivity (Wildman–Crippen MR) is 402 cm³/mol. The van der Waals surface area contributed by atoms with Crippen molar-refractivity contribution in [3.63, 3.8) is 0 Å². The number of ketones is 2. The smallest absolute Gasteiger partial charge is 0.330 e. The van der Waals surface area contributed by atoms with Crippen LogP contribution in [0.4, 0.5) is 0 Å². The van der Waals surface area contributed by atoms with E-state index in [0.717, 1.165) is 40.0 Å². The van der Waals surface area contributed by atoms with Crippen molar-refractivity contribution in [1.29, 1.82) is 0 Å². The minimum Gasteiger partial charge on any atom is -0.479 e. The molecule has 0 aliphatic carbocycles. The summed E-state index contributed by atoms with van der Waals surface area (Å²) in [5, 5.41) is 27.8. The lowest BCUT2D eigenvalue weighted by Gasteiger charge is -2.43. The summed E-state index contributed by atoms with van der Waals surface area (Å²) < 4.78 is 50.7. The van der Waals surface area contributed by atoms with E-state index in [2.05, 4.69) is 31.9 Å². The fourth-order valence-electron chi connectivity index (χ4n) is 14.2. The van der Waals surface area contributed by atoms with Crippen molar-refractivity contribution in [2.75, 3.05) is 20.2 Å². The average Bonchev–Trinajstić information content (AvgIpc) is 0.761. The first-order valence-electron chi connectivity index (χ1n) is 37.0. The summed E-state index contributed by atoms with van der Waals surface area (Å²) in [5.74, 6) is -18.0. The van der Waals surface area contributed by atoms with E-state index in [1.807, 2.05) is 41.5 Å². The molecule has 11 bridgehead atoms. The lowest BCUT2D eigenvalue weighted by molar-refractivity contribution is -0.223. The molecule has 0 spiro atoms. The molecule has 0 saturated carbocycles. The Kier molecular flexibility index (Phi) is 28.4. The number of fused-ring (bicyclic) bond motifs is 15. The van der Waals surface area contributed by atoms with Crippen LogP contribution in [0, 0.1) is 36.5 Å². The molecular formula is C81H96Cl2N6O21. The lowest BCUT2D eigenvalue weighted by atomic mass is 9.79. The van der Waals surface area contributed by atoms with Gasteiger partial charge in [-0.1, -0.05) is 122 Å². The van der Waals surface area contributed by atoms with E-state index in [9.17, 15) is 38.7 Å². The van der Waals surface area contributed by atoms with Gasteiger partial charge in [0.25, 0.3) is 0 Å². The molecule has 1 fully saturated rings. The zero-order chi connectivity index (χ0) is 80.3. The molecule has 11 rings (SSSR count). The zero-order valence-electron chi connectivity index (χ0n) is 63.8. The van der Waals surface area contributed by atoms with E-state index >= 15 is 24.0 Å². The molecule has 6 aliphatic rings. The van der Waals surface area contributed by atoms with E-state index in [4.69, 9.17) is 61.1 Å². The van der Waals surface area contributed by atoms with Crippen LogP contribution >= 0.6 is 23.2 Å². The zero-order valence-corrected chi connectivity index (χ0v) is 65.3. The molecule has 5 amide bonds. The van der Waals surface area contributed by atoms with Crippen LogP contribution in [0.15, 0.2) is 78.9 Å². The van der Waals surface area contributed by atoms with Crippen LogP contribution in [0.1, 0.15) is 197 Å². The number of carbonyl (C=O) groups excluding carboxylic acids is 11. The molecule has 6 heterocycles. The van der Waals surface area contributed by atoms with Crippen molar-refractivity contribution in [3.8, 4) is 51.4 Å². The fraction of sp³-hybridized carbons (Fsp3) is 0.481. The highest BCUT2D eigenvalue weighted by Crippen LogP contribution is 2.51. The highest BCUT2D eigenvalue weighted by atomic mass is 35.5. The second-order valence-corrected chi connectivity index (χ2v) is 30.0. The molecule has 590 valence electrons. The highest BCUT2D eigenvalue weighted by Gasteiger charge is 2.45. The third-order valence-corrected chi connectivity index (χ3v) is 21.0. The Balaban J connectivity index is 1.36. The number of Topliss-reactive ketones (excluding diaryl/α,β-unsaturated/α-hetero) is 2. The Hall–Kier alpha value is -9.96. The number of hydrogen-bond acceptors (Lipinski definition) is 21. The Morgan fingerprint density at radius 2 is 1.29 bits per heavy atom. The number of hydrogen-bond donors (Lipinski definition) is 7. The number of aliphatic carboxylic acids is 1. The Morgan fingerprint density at radius 1 is 0.655 bits per heavy atom. The molecule has 110 heavy (non-hydrogen) atoms. The van der Waals surface area contributed by atoms with E-state index in [-0.39, 0.29) is 126 Å². The van der Waals surface area contributed by atoms with Crippen LogP contribution in [0.25, 0.3) is 11.1 Å². The minimum atomic E-state index is -2.01. The largest absolute Gasteiger partial charge is 0.479 e. The van der Waals surface area contributed by atoms with E-state index < -0.39 is 163 Å². The first kappa shape index (κ1) is 84.1. The number of benzene rings is 5. The summed E-state index contributed by atoms with van der Waals surface area (Å²) in [4.78, 5) is 174. The molecule has 5 unspecified atom stereocenters. The Morgan fingerprint density at radius 3 is 1.90 bits per heavy atom. The number of carboxylic acid groups (broad SMARTS) is 1. The molecule has 1 saturated heterocycles. The van der Waals surface area contributed by atoms with Crippen LogP contribution in [0.5, 0.6) is 40.2 Å². The monoisotopic (exact) mass is 1560 g/mol. The number of carboxylic acids is 1. The molecule has 0 aromatic heterocycles. The second kappa shape index (κ2) is 37.2. The number of halogens is 2. The van der Waals surface area contributed by atoms with Gasteiger partial charge in [-0.2, -0.15) is 0 Å². The number of aryl methyl sites for hydroxylation is 1. The molecule has 0 radical (unpaired) electrons. The number of ether oxygens (including phenoxy) is 8. The van der Waals surface area contributed by atoms with Crippen LogP contribution in [0.2, 0.25) is 10.0 Å². The summed E-state index contributed by atoms with van der Waals surface area (Å²) in [7, 11) is 1.55. The number of esters is 4. The van der Waals surface area contributed by atoms with Gasteiger partial charge < -0.3 is 74.9 Å². The van der Waals surface area contributed by atoms with Crippen molar-refractivity contribution >= 4 is 94.2 Å². The number of likely N-dealkylation sites (N-methyl/N-ethyl adjacent to an activating group) is 1. The summed E-state index contributed by atoms with van der Waals surface area (Å²) in [6.07, 6.45) is -1.21. The van der Waals surface area contributed by atoms with Gasteiger partial charge in [0.2, 0.25) is 41.6 Å². The molecule has 29 heteroatoms. The van der Waals surface area contributed by atoms with Gasteiger partial charge in [0, 0.05) is 76.5 Å². The number of amides is 5. The van der Waals surface area contributed by atoms with Gasteiger partial charge in [0.15, 0.2) is 35.2 Å². The Labute approximate surface area is 648 Å². The molecular weight excluding hydrogens is 1460 g/mol. The van der Waals surface area contributed by atoms with Crippen LogP contribution in [-0.2, 0) is 71.7 Å². The minimum absolute atomic E-state index is 0.0191. The molecule has 14 atom stereocenters. The van der Waals surface area contributed by atoms with Gasteiger partial charge >= 0.3 is 29.8 Å². The predicted octanol–water partition coefficient (Wildman–Crippen LogP) is 11.5. The third-order valence-electron chi connectivity index (χ3n) is 20.4. The van der Waals surface area contributed by atoms with Crippen LogP contribution in [0.3, 0.4) is 0 Å². The highest BCUT2D eigenvalue weighted by molar-refractivity contribution is 6.32. The van der Waals surface area contributed by atoms with E-state index in [0.29, 0.717) is 18.4 Å². The van der Waals surface area contributed by atoms with Gasteiger partial charge in [-0.3, -0.25) is 52.7 Å². The van der Waals surface area contributed by atoms with Gasteiger partial charge in [-0.25, -0.2) is 4.79 Å². The fourth-order valence-corrected chi connectivity index (χ4v) is 14.7. The van der Waals surface area contributed by atoms with Crippen molar-refractivity contribution in [2.45, 2.75) is 201 Å². The first-order valence-corrected chi connectivity index (χ1v) is 37.7.